The molecule has 0 aromatic heterocycles. The minimum absolute atomic E-state index is 0.165. The molecule has 2 heterocycles. The normalized spacial score (nSPS) is 26.2. The highest BCUT2D eigenvalue weighted by Gasteiger charge is 2.36. The SMILES string of the molecule is O=C(CN1CCO[C@@H]2CNC[C@@H]21)OCc1ccccc1. The van der Waals surface area contributed by atoms with Gasteiger partial charge >= 0.3 is 5.97 Å². The van der Waals surface area contributed by atoms with E-state index in [9.17, 15) is 4.79 Å². The number of esters is 1. The number of benzene rings is 1. The van der Waals surface area contributed by atoms with Crippen molar-refractivity contribution in [3.8, 4) is 0 Å². The average Bonchev–Trinajstić information content (AvgIpc) is 2.96. The molecule has 2 aliphatic rings. The van der Waals surface area contributed by atoms with Crippen molar-refractivity contribution in [2.24, 2.45) is 0 Å². The van der Waals surface area contributed by atoms with E-state index < -0.39 is 0 Å². The van der Waals surface area contributed by atoms with Gasteiger partial charge in [-0.1, -0.05) is 30.3 Å². The monoisotopic (exact) mass is 276 g/mol. The highest BCUT2D eigenvalue weighted by Crippen LogP contribution is 2.17. The third-order valence-electron chi connectivity index (χ3n) is 3.88. The van der Waals surface area contributed by atoms with E-state index in [4.69, 9.17) is 9.47 Å². The van der Waals surface area contributed by atoms with E-state index in [1.54, 1.807) is 0 Å². The fourth-order valence-corrected chi connectivity index (χ4v) is 2.81. The summed E-state index contributed by atoms with van der Waals surface area (Å²) in [6, 6.07) is 10.1. The molecule has 2 saturated heterocycles. The van der Waals surface area contributed by atoms with Gasteiger partial charge in [-0.15, -0.1) is 0 Å². The Balaban J connectivity index is 1.48. The Labute approximate surface area is 118 Å². The number of morpholine rings is 1. The number of carbonyl (C=O) groups excluding carboxylic acids is 1. The standard InChI is InChI=1S/C15H20N2O3/c18-15(20-11-12-4-2-1-3-5-12)10-17-6-7-19-14-9-16-8-13(14)17/h1-5,13-14,16H,6-11H2/t13-,14+/m0/s1. The summed E-state index contributed by atoms with van der Waals surface area (Å²) in [6.45, 7) is 3.93. The molecule has 2 atom stereocenters. The van der Waals surface area contributed by atoms with Crippen LogP contribution in [0.5, 0.6) is 0 Å². The molecule has 2 aliphatic heterocycles. The molecule has 1 N–H and O–H groups in total. The molecule has 0 unspecified atom stereocenters. The summed E-state index contributed by atoms with van der Waals surface area (Å²) in [5.41, 5.74) is 1.02. The van der Waals surface area contributed by atoms with E-state index in [-0.39, 0.29) is 12.1 Å². The Morgan fingerprint density at radius 2 is 2.20 bits per heavy atom. The molecule has 0 amide bonds. The lowest BCUT2D eigenvalue weighted by atomic mass is 10.1. The third kappa shape index (κ3) is 3.17. The van der Waals surface area contributed by atoms with Gasteiger partial charge in [0.2, 0.25) is 0 Å². The van der Waals surface area contributed by atoms with Crippen LogP contribution in [-0.2, 0) is 20.9 Å². The van der Waals surface area contributed by atoms with E-state index >= 15 is 0 Å². The summed E-state index contributed by atoms with van der Waals surface area (Å²) < 4.78 is 11.0. The fourth-order valence-electron chi connectivity index (χ4n) is 2.81. The van der Waals surface area contributed by atoms with E-state index in [0.29, 0.717) is 25.8 Å². The first kappa shape index (κ1) is 13.5. The molecule has 0 aliphatic carbocycles. The van der Waals surface area contributed by atoms with Crippen molar-refractivity contribution in [1.29, 1.82) is 0 Å². The molecular weight excluding hydrogens is 256 g/mol. The number of ether oxygens (including phenoxy) is 2. The van der Waals surface area contributed by atoms with Gasteiger partial charge in [0, 0.05) is 19.6 Å². The number of carbonyl (C=O) groups is 1. The molecule has 5 heteroatoms. The number of hydrogen-bond donors (Lipinski definition) is 1. The first-order chi connectivity index (χ1) is 9.83. The van der Waals surface area contributed by atoms with E-state index in [0.717, 1.165) is 25.2 Å². The largest absolute Gasteiger partial charge is 0.460 e. The molecule has 2 fully saturated rings. The number of rotatable bonds is 4. The van der Waals surface area contributed by atoms with E-state index in [2.05, 4.69) is 10.2 Å². The first-order valence-electron chi connectivity index (χ1n) is 7.09. The molecule has 108 valence electrons. The summed E-state index contributed by atoms with van der Waals surface area (Å²) in [4.78, 5) is 14.1. The van der Waals surface area contributed by atoms with Gasteiger partial charge in [-0.25, -0.2) is 0 Å². The Hall–Kier alpha value is -1.43. The van der Waals surface area contributed by atoms with Gasteiger partial charge in [-0.05, 0) is 5.56 Å². The van der Waals surface area contributed by atoms with Crippen molar-refractivity contribution in [1.82, 2.24) is 10.2 Å². The van der Waals surface area contributed by atoms with Gasteiger partial charge in [0.1, 0.15) is 6.61 Å². The van der Waals surface area contributed by atoms with Crippen LogP contribution in [0.2, 0.25) is 0 Å². The van der Waals surface area contributed by atoms with Crippen molar-refractivity contribution in [3.63, 3.8) is 0 Å². The van der Waals surface area contributed by atoms with Crippen molar-refractivity contribution >= 4 is 5.97 Å². The summed E-state index contributed by atoms with van der Waals surface area (Å²) in [5.74, 6) is -0.165. The summed E-state index contributed by atoms with van der Waals surface area (Å²) >= 11 is 0. The lowest BCUT2D eigenvalue weighted by Gasteiger charge is -2.36. The minimum atomic E-state index is -0.165. The molecule has 1 aromatic rings. The van der Waals surface area contributed by atoms with Crippen LogP contribution < -0.4 is 5.32 Å². The van der Waals surface area contributed by atoms with Crippen molar-refractivity contribution in [2.45, 2.75) is 18.8 Å². The predicted molar refractivity (Wildman–Crippen MR) is 74.2 cm³/mol. The molecular formula is C15H20N2O3. The van der Waals surface area contributed by atoms with Crippen LogP contribution in [-0.4, -0.2) is 55.8 Å². The highest BCUT2D eigenvalue weighted by molar-refractivity contribution is 5.71. The quantitative estimate of drug-likeness (QED) is 0.807. The Kier molecular flexibility index (Phi) is 4.30. The van der Waals surface area contributed by atoms with Crippen LogP contribution in [0.15, 0.2) is 30.3 Å². The molecule has 0 saturated carbocycles. The molecule has 0 radical (unpaired) electrons. The molecule has 3 rings (SSSR count). The lowest BCUT2D eigenvalue weighted by molar-refractivity contribution is -0.149. The summed E-state index contributed by atoms with van der Waals surface area (Å²) in [6.07, 6.45) is 0.214. The van der Waals surface area contributed by atoms with Crippen LogP contribution in [0.25, 0.3) is 0 Å². The van der Waals surface area contributed by atoms with Gasteiger partial charge in [0.15, 0.2) is 0 Å². The van der Waals surface area contributed by atoms with Crippen molar-refractivity contribution in [3.05, 3.63) is 35.9 Å². The molecule has 20 heavy (non-hydrogen) atoms. The third-order valence-corrected chi connectivity index (χ3v) is 3.88. The van der Waals surface area contributed by atoms with Gasteiger partial charge in [-0.2, -0.15) is 0 Å². The zero-order valence-electron chi connectivity index (χ0n) is 11.5. The van der Waals surface area contributed by atoms with Crippen molar-refractivity contribution < 1.29 is 14.3 Å². The molecule has 1 aromatic carbocycles. The Bertz CT molecular complexity index is 452. The molecule has 5 nitrogen and oxygen atoms in total. The molecule has 0 spiro atoms. The van der Waals surface area contributed by atoms with Crippen LogP contribution in [0, 0.1) is 0 Å². The van der Waals surface area contributed by atoms with Crippen LogP contribution in [0.3, 0.4) is 0 Å². The van der Waals surface area contributed by atoms with Crippen LogP contribution in [0.1, 0.15) is 5.56 Å². The predicted octanol–water partition coefficient (Wildman–Crippen LogP) is 0.402. The maximum absolute atomic E-state index is 11.9. The van der Waals surface area contributed by atoms with Crippen LogP contribution >= 0.6 is 0 Å². The highest BCUT2D eigenvalue weighted by atomic mass is 16.5. The van der Waals surface area contributed by atoms with E-state index in [1.807, 2.05) is 30.3 Å². The second kappa shape index (κ2) is 6.35. The maximum atomic E-state index is 11.9. The zero-order chi connectivity index (χ0) is 13.8. The Morgan fingerprint density at radius 1 is 1.35 bits per heavy atom. The van der Waals surface area contributed by atoms with Gasteiger partial charge < -0.3 is 14.8 Å². The van der Waals surface area contributed by atoms with Gasteiger partial charge in [0.25, 0.3) is 0 Å². The van der Waals surface area contributed by atoms with Crippen LogP contribution in [0.4, 0.5) is 0 Å². The topological polar surface area (TPSA) is 50.8 Å². The van der Waals surface area contributed by atoms with E-state index in [1.165, 1.54) is 0 Å². The number of fused-ring (bicyclic) bond motifs is 1. The maximum Gasteiger partial charge on any atom is 0.320 e. The zero-order valence-corrected chi connectivity index (χ0v) is 11.5. The molecule has 0 bridgehead atoms. The average molecular weight is 276 g/mol. The smallest absolute Gasteiger partial charge is 0.320 e. The number of nitrogens with one attached hydrogen (secondary N) is 1. The number of nitrogens with zero attached hydrogens (tertiary/aromatic N) is 1. The second-order valence-electron chi connectivity index (χ2n) is 5.25. The summed E-state index contributed by atoms with van der Waals surface area (Å²) in [5, 5.41) is 3.31. The second-order valence-corrected chi connectivity index (χ2v) is 5.25. The van der Waals surface area contributed by atoms with Gasteiger partial charge in [-0.3, -0.25) is 9.69 Å². The first-order valence-corrected chi connectivity index (χ1v) is 7.09. The minimum Gasteiger partial charge on any atom is -0.460 e. The Morgan fingerprint density at radius 3 is 3.05 bits per heavy atom. The van der Waals surface area contributed by atoms with Gasteiger partial charge in [0.05, 0.1) is 25.3 Å². The fraction of sp³-hybridized carbons (Fsp3) is 0.533. The summed E-state index contributed by atoms with van der Waals surface area (Å²) in [7, 11) is 0. The van der Waals surface area contributed by atoms with Crippen molar-refractivity contribution in [2.75, 3.05) is 32.8 Å². The lowest BCUT2D eigenvalue weighted by Crippen LogP contribution is -2.52. The number of hydrogen-bond acceptors (Lipinski definition) is 5.